The highest BCUT2D eigenvalue weighted by Crippen LogP contribution is 2.40. The van der Waals surface area contributed by atoms with E-state index >= 15 is 0 Å². The largest absolute Gasteiger partial charge is 0.454 e. The average molecular weight is 328 g/mol. The molecule has 124 valence electrons. The van der Waals surface area contributed by atoms with Gasteiger partial charge in [0.1, 0.15) is 9.29 Å². The predicted molar refractivity (Wildman–Crippen MR) is 87.0 cm³/mol. The number of hydrogen-bond acceptors (Lipinski definition) is 4. The fraction of sp³-hybridized carbons (Fsp3) is 0.333. The molecular weight excluding hydrogens is 308 g/mol. The Morgan fingerprint density at radius 3 is 2.75 bits per heavy atom. The first-order valence-corrected chi connectivity index (χ1v) is 7.71. The van der Waals surface area contributed by atoms with E-state index in [2.05, 4.69) is 0 Å². The second-order valence-corrected chi connectivity index (χ2v) is 6.10. The molecule has 3 amide bonds. The number of likely N-dealkylation sites (N-methyl/N-ethyl adjacent to an activating group) is 1. The second-order valence-electron chi connectivity index (χ2n) is 6.10. The molecule has 6 nitrogen and oxygen atoms in total. The van der Waals surface area contributed by atoms with Crippen LogP contribution in [0.25, 0.3) is 0 Å². The minimum atomic E-state index is -2.19. The summed E-state index contributed by atoms with van der Waals surface area (Å²) in [5.74, 6) is 0.319. The molecule has 1 aliphatic carbocycles. The molecule has 0 radical (unpaired) electrons. The van der Waals surface area contributed by atoms with Gasteiger partial charge in [0.15, 0.2) is 11.5 Å². The van der Waals surface area contributed by atoms with Crippen molar-refractivity contribution in [2.75, 3.05) is 20.3 Å². The minimum Gasteiger partial charge on any atom is -0.454 e. The number of carbonyl (C=O) groups is 2. The summed E-state index contributed by atoms with van der Waals surface area (Å²) in [6.07, 6.45) is 7.61. The third-order valence-corrected chi connectivity index (χ3v) is 4.62. The molecule has 0 unspecified atom stereocenters. The van der Waals surface area contributed by atoms with Crippen LogP contribution in [0.1, 0.15) is 19.8 Å². The zero-order valence-electron chi connectivity index (χ0n) is 15.4. The summed E-state index contributed by atoms with van der Waals surface area (Å²) in [5, 5.41) is 0. The lowest BCUT2D eigenvalue weighted by atomic mass is 9.86. The van der Waals surface area contributed by atoms with Gasteiger partial charge < -0.3 is 14.4 Å². The lowest BCUT2D eigenvalue weighted by Gasteiger charge is -2.32. The molecule has 2 heterocycles. The van der Waals surface area contributed by atoms with Gasteiger partial charge in [0.05, 0.1) is 6.04 Å². The molecule has 0 aromatic heterocycles. The highest BCUT2D eigenvalue weighted by atomic mass is 16.7. The van der Waals surface area contributed by atoms with Crippen molar-refractivity contribution < 1.29 is 21.8 Å². The van der Waals surface area contributed by atoms with Crippen molar-refractivity contribution in [2.24, 2.45) is 0 Å². The van der Waals surface area contributed by atoms with Crippen molar-refractivity contribution in [3.05, 3.63) is 47.6 Å². The van der Waals surface area contributed by atoms with E-state index in [0.29, 0.717) is 11.5 Å². The SMILES string of the molecule is [2H]C1([2H])Oc2cc([C@H]3C=CC=C[C@@H]3N3CC(=O)N(C)C3=O)cc(C)c2O1. The maximum atomic E-state index is 12.4. The van der Waals surface area contributed by atoms with Gasteiger partial charge in [-0.2, -0.15) is 0 Å². The first-order chi connectivity index (χ1) is 12.3. The highest BCUT2D eigenvalue weighted by molar-refractivity contribution is 6.02. The van der Waals surface area contributed by atoms with Crippen LogP contribution in [0.5, 0.6) is 11.5 Å². The van der Waals surface area contributed by atoms with Crippen molar-refractivity contribution in [3.63, 3.8) is 0 Å². The van der Waals surface area contributed by atoms with E-state index in [4.69, 9.17) is 12.2 Å². The maximum Gasteiger partial charge on any atom is 0.327 e. The van der Waals surface area contributed by atoms with Crippen molar-refractivity contribution in [3.8, 4) is 11.5 Å². The Morgan fingerprint density at radius 2 is 2.00 bits per heavy atom. The van der Waals surface area contributed by atoms with E-state index in [1.807, 2.05) is 37.3 Å². The number of allylic oxidation sites excluding steroid dienone is 2. The van der Waals surface area contributed by atoms with Gasteiger partial charge in [-0.1, -0.05) is 30.4 Å². The summed E-state index contributed by atoms with van der Waals surface area (Å²) >= 11 is 0. The van der Waals surface area contributed by atoms with E-state index in [0.717, 1.165) is 16.0 Å². The van der Waals surface area contributed by atoms with Gasteiger partial charge in [-0.3, -0.25) is 9.69 Å². The molecule has 1 aromatic carbocycles. The van der Waals surface area contributed by atoms with Gasteiger partial charge in [-0.25, -0.2) is 4.79 Å². The smallest absolute Gasteiger partial charge is 0.327 e. The summed E-state index contributed by atoms with van der Waals surface area (Å²) < 4.78 is 25.7. The molecule has 1 fully saturated rings. The van der Waals surface area contributed by atoms with Gasteiger partial charge in [-0.05, 0) is 24.1 Å². The molecule has 2 atom stereocenters. The van der Waals surface area contributed by atoms with Gasteiger partial charge in [-0.15, -0.1) is 0 Å². The molecule has 24 heavy (non-hydrogen) atoms. The summed E-state index contributed by atoms with van der Waals surface area (Å²) in [7, 11) is 1.48. The summed E-state index contributed by atoms with van der Waals surface area (Å²) in [6, 6.07) is 3.01. The van der Waals surface area contributed by atoms with Gasteiger partial charge >= 0.3 is 6.03 Å². The number of hydrogen-bond donors (Lipinski definition) is 0. The lowest BCUT2D eigenvalue weighted by molar-refractivity contribution is -0.124. The normalized spacial score (nSPS) is 28.4. The number of benzene rings is 1. The number of fused-ring (bicyclic) bond motifs is 1. The van der Waals surface area contributed by atoms with Gasteiger partial charge in [0, 0.05) is 13.0 Å². The van der Waals surface area contributed by atoms with E-state index in [9.17, 15) is 9.59 Å². The molecule has 1 saturated heterocycles. The Morgan fingerprint density at radius 1 is 1.21 bits per heavy atom. The molecular formula is C18H18N2O4. The Bertz CT molecular complexity index is 865. The zero-order valence-corrected chi connectivity index (χ0v) is 13.4. The monoisotopic (exact) mass is 328 g/mol. The van der Waals surface area contributed by atoms with Crippen LogP contribution in [0.2, 0.25) is 0 Å². The number of imide groups is 1. The second kappa shape index (κ2) is 5.40. The Labute approximate surface area is 142 Å². The molecule has 0 bridgehead atoms. The molecule has 2 aliphatic heterocycles. The van der Waals surface area contributed by atoms with E-state index < -0.39 is 6.75 Å². The predicted octanol–water partition coefficient (Wildman–Crippen LogP) is 2.20. The Balaban J connectivity index is 1.70. The molecule has 0 N–H and O–H groups in total. The first-order valence-electron chi connectivity index (χ1n) is 8.71. The van der Waals surface area contributed by atoms with Crippen LogP contribution in [0.4, 0.5) is 4.79 Å². The molecule has 4 rings (SSSR count). The topological polar surface area (TPSA) is 59.1 Å². The highest BCUT2D eigenvalue weighted by Gasteiger charge is 2.40. The van der Waals surface area contributed by atoms with Gasteiger partial charge in [0.2, 0.25) is 12.7 Å². The lowest BCUT2D eigenvalue weighted by Crippen LogP contribution is -2.41. The number of rotatable bonds is 2. The van der Waals surface area contributed by atoms with Crippen LogP contribution in [0.15, 0.2) is 36.4 Å². The van der Waals surface area contributed by atoms with Crippen LogP contribution in [0.3, 0.4) is 0 Å². The zero-order chi connectivity index (χ0) is 18.6. The molecule has 0 saturated carbocycles. The Kier molecular flexibility index (Phi) is 2.84. The third-order valence-electron chi connectivity index (χ3n) is 4.62. The van der Waals surface area contributed by atoms with Crippen molar-refractivity contribution in [1.29, 1.82) is 0 Å². The summed E-state index contributed by atoms with van der Waals surface area (Å²) in [5.41, 5.74) is 1.62. The van der Waals surface area contributed by atoms with Crippen LogP contribution in [0, 0.1) is 6.92 Å². The first kappa shape index (κ1) is 12.6. The summed E-state index contributed by atoms with van der Waals surface area (Å²) in [6.45, 7) is -0.322. The van der Waals surface area contributed by atoms with E-state index in [1.165, 1.54) is 7.05 Å². The van der Waals surface area contributed by atoms with Crippen molar-refractivity contribution in [1.82, 2.24) is 9.80 Å². The molecule has 1 aromatic rings. The summed E-state index contributed by atoms with van der Waals surface area (Å²) in [4.78, 5) is 27.0. The molecule has 0 spiro atoms. The van der Waals surface area contributed by atoms with Gasteiger partial charge in [0.25, 0.3) is 0 Å². The van der Waals surface area contributed by atoms with Crippen LogP contribution in [-0.4, -0.2) is 48.1 Å². The van der Waals surface area contributed by atoms with Crippen LogP contribution < -0.4 is 9.47 Å². The maximum absolute atomic E-state index is 12.4. The fourth-order valence-electron chi connectivity index (χ4n) is 3.33. The van der Waals surface area contributed by atoms with E-state index in [-0.39, 0.29) is 30.4 Å². The quantitative estimate of drug-likeness (QED) is 0.781. The van der Waals surface area contributed by atoms with Crippen LogP contribution >= 0.6 is 0 Å². The van der Waals surface area contributed by atoms with E-state index in [1.54, 1.807) is 11.0 Å². The number of carbonyl (C=O) groups excluding carboxylic acids is 2. The van der Waals surface area contributed by atoms with Crippen LogP contribution in [-0.2, 0) is 4.79 Å². The number of urea groups is 1. The Hall–Kier alpha value is -2.76. The number of ether oxygens (including phenoxy) is 2. The van der Waals surface area contributed by atoms with Crippen molar-refractivity contribution in [2.45, 2.75) is 18.9 Å². The molecule has 3 aliphatic rings. The average Bonchev–Trinajstić information content (AvgIpc) is 3.05. The molecule has 6 heteroatoms. The van der Waals surface area contributed by atoms with Crippen molar-refractivity contribution >= 4 is 11.9 Å². The number of aryl methyl sites for hydroxylation is 1. The number of amides is 3. The third kappa shape index (κ3) is 2.18. The fourth-order valence-corrected chi connectivity index (χ4v) is 3.33. The minimum absolute atomic E-state index is 0.0424. The standard InChI is InChI=1S/C18H18N2O4/c1-11-7-12(8-15-17(11)24-10-23-15)13-5-3-4-6-14(13)20-9-16(21)19(2)18(20)22/h3-8,13-14H,9-10H2,1-2H3/t13-,14+/m1/s1/i10D2. The number of nitrogens with zero attached hydrogens (tertiary/aromatic N) is 2.